The lowest BCUT2D eigenvalue weighted by molar-refractivity contribution is -0.151. The van der Waals surface area contributed by atoms with Crippen LogP contribution in [0.2, 0.25) is 0 Å². The van der Waals surface area contributed by atoms with Gasteiger partial charge in [0.1, 0.15) is 18.2 Å². The number of aliphatic carboxylic acids is 1. The predicted octanol–water partition coefficient (Wildman–Crippen LogP) is 3.45. The molecule has 0 heterocycles. The average Bonchev–Trinajstić information content (AvgIpc) is 2.51. The Bertz CT molecular complexity index is 792. The van der Waals surface area contributed by atoms with Crippen molar-refractivity contribution in [3.05, 3.63) is 59.9 Å². The molecule has 0 bridgehead atoms. The van der Waals surface area contributed by atoms with Crippen LogP contribution in [0.3, 0.4) is 0 Å². The summed E-state index contributed by atoms with van der Waals surface area (Å²) < 4.78 is 18.8. The van der Waals surface area contributed by atoms with Gasteiger partial charge >= 0.3 is 5.97 Å². The van der Waals surface area contributed by atoms with E-state index < -0.39 is 17.8 Å². The van der Waals surface area contributed by atoms with Gasteiger partial charge in [0.25, 0.3) is 0 Å². The Hall–Kier alpha value is -2.89. The number of halogens is 1. The Morgan fingerprint density at radius 3 is 2.56 bits per heavy atom. The van der Waals surface area contributed by atoms with Crippen molar-refractivity contribution in [1.29, 1.82) is 0 Å². The van der Waals surface area contributed by atoms with Crippen LogP contribution in [0.15, 0.2) is 48.5 Å². The number of carbonyl (C=O) groups is 2. The first-order chi connectivity index (χ1) is 12.0. The summed E-state index contributed by atoms with van der Waals surface area (Å²) in [5.74, 6) is -2.11. The highest BCUT2D eigenvalue weighted by Gasteiger charge is 2.41. The van der Waals surface area contributed by atoms with E-state index in [0.29, 0.717) is 29.8 Å². The van der Waals surface area contributed by atoms with Crippen LogP contribution in [-0.4, -0.2) is 17.0 Å². The Kier molecular flexibility index (Phi) is 4.97. The van der Waals surface area contributed by atoms with Gasteiger partial charge in [-0.15, -0.1) is 0 Å². The third kappa shape index (κ3) is 4.15. The molecule has 25 heavy (non-hydrogen) atoms. The van der Waals surface area contributed by atoms with Crippen molar-refractivity contribution in [2.75, 3.05) is 5.32 Å². The Morgan fingerprint density at radius 1 is 1.12 bits per heavy atom. The lowest BCUT2D eigenvalue weighted by Crippen LogP contribution is -2.41. The lowest BCUT2D eigenvalue weighted by atomic mass is 9.73. The first kappa shape index (κ1) is 17.0. The van der Waals surface area contributed by atoms with Crippen LogP contribution in [0, 0.1) is 17.7 Å². The van der Waals surface area contributed by atoms with Gasteiger partial charge in [0.15, 0.2) is 0 Å². The van der Waals surface area contributed by atoms with Crippen molar-refractivity contribution in [3.63, 3.8) is 0 Å². The summed E-state index contributed by atoms with van der Waals surface area (Å²) >= 11 is 0. The number of benzene rings is 2. The highest BCUT2D eigenvalue weighted by Crippen LogP contribution is 2.35. The number of hydrogen-bond donors (Lipinski definition) is 2. The third-order valence-corrected chi connectivity index (χ3v) is 4.32. The summed E-state index contributed by atoms with van der Waals surface area (Å²) in [6, 6.07) is 13.0. The molecule has 0 unspecified atom stereocenters. The van der Waals surface area contributed by atoms with E-state index in [1.165, 1.54) is 12.1 Å². The minimum absolute atomic E-state index is 0.207. The molecule has 0 aliphatic heterocycles. The quantitative estimate of drug-likeness (QED) is 0.842. The van der Waals surface area contributed by atoms with Crippen molar-refractivity contribution in [2.24, 2.45) is 11.8 Å². The van der Waals surface area contributed by atoms with E-state index in [2.05, 4.69) is 5.32 Å². The molecule has 2 aromatic rings. The lowest BCUT2D eigenvalue weighted by Gasteiger charge is -2.31. The second-order valence-electron chi connectivity index (χ2n) is 6.06. The van der Waals surface area contributed by atoms with Crippen LogP contribution in [-0.2, 0) is 16.2 Å². The van der Waals surface area contributed by atoms with Crippen LogP contribution in [0.25, 0.3) is 0 Å². The number of nitrogens with one attached hydrogen (secondary N) is 1. The van der Waals surface area contributed by atoms with Crippen LogP contribution in [0.4, 0.5) is 10.1 Å². The fourth-order valence-corrected chi connectivity index (χ4v) is 2.80. The van der Waals surface area contributed by atoms with Crippen LogP contribution in [0.5, 0.6) is 5.75 Å². The normalized spacial score (nSPS) is 18.9. The maximum absolute atomic E-state index is 13.2. The molecule has 6 heteroatoms. The Labute approximate surface area is 144 Å². The molecule has 2 atom stereocenters. The van der Waals surface area contributed by atoms with Gasteiger partial charge in [0, 0.05) is 11.8 Å². The zero-order chi connectivity index (χ0) is 17.8. The number of ether oxygens (including phenoxy) is 1. The minimum Gasteiger partial charge on any atom is -0.489 e. The fourth-order valence-electron chi connectivity index (χ4n) is 2.80. The number of carbonyl (C=O) groups excluding carboxylic acids is 1. The van der Waals surface area contributed by atoms with E-state index in [-0.39, 0.29) is 18.3 Å². The largest absolute Gasteiger partial charge is 0.489 e. The number of hydrogen-bond acceptors (Lipinski definition) is 3. The minimum atomic E-state index is -0.932. The first-order valence-electron chi connectivity index (χ1n) is 8.04. The van der Waals surface area contributed by atoms with Gasteiger partial charge in [-0.1, -0.05) is 18.2 Å². The monoisotopic (exact) mass is 343 g/mol. The first-order valence-corrected chi connectivity index (χ1v) is 8.04. The summed E-state index contributed by atoms with van der Waals surface area (Å²) in [5, 5.41) is 11.8. The van der Waals surface area contributed by atoms with Crippen LogP contribution < -0.4 is 10.1 Å². The Morgan fingerprint density at radius 2 is 1.88 bits per heavy atom. The van der Waals surface area contributed by atoms with Crippen LogP contribution >= 0.6 is 0 Å². The van der Waals surface area contributed by atoms with Gasteiger partial charge in [-0.25, -0.2) is 4.39 Å². The van der Waals surface area contributed by atoms with E-state index in [4.69, 9.17) is 9.84 Å². The van der Waals surface area contributed by atoms with E-state index in [1.807, 2.05) is 0 Å². The van der Waals surface area contributed by atoms with Crippen molar-refractivity contribution in [1.82, 2.24) is 0 Å². The average molecular weight is 343 g/mol. The predicted molar refractivity (Wildman–Crippen MR) is 89.7 cm³/mol. The van der Waals surface area contributed by atoms with Gasteiger partial charge < -0.3 is 15.2 Å². The summed E-state index contributed by atoms with van der Waals surface area (Å²) in [7, 11) is 0. The Balaban J connectivity index is 1.59. The molecule has 0 spiro atoms. The van der Waals surface area contributed by atoms with E-state index in [0.717, 1.165) is 0 Å². The van der Waals surface area contributed by atoms with E-state index in [9.17, 15) is 14.0 Å². The summed E-state index contributed by atoms with van der Waals surface area (Å²) in [6.07, 6.45) is 1.11. The van der Waals surface area contributed by atoms with E-state index in [1.54, 1.807) is 36.4 Å². The maximum Gasteiger partial charge on any atom is 0.307 e. The molecular weight excluding hydrogens is 325 g/mol. The summed E-state index contributed by atoms with van der Waals surface area (Å²) in [5.41, 5.74) is 1.24. The molecule has 1 aliphatic rings. The number of rotatable bonds is 6. The van der Waals surface area contributed by atoms with Crippen molar-refractivity contribution >= 4 is 17.6 Å². The van der Waals surface area contributed by atoms with Gasteiger partial charge in [0.2, 0.25) is 5.91 Å². The second-order valence-corrected chi connectivity index (χ2v) is 6.06. The zero-order valence-corrected chi connectivity index (χ0v) is 13.4. The highest BCUT2D eigenvalue weighted by molar-refractivity contribution is 5.96. The molecule has 1 amide bonds. The molecule has 5 nitrogen and oxygen atoms in total. The molecule has 1 aliphatic carbocycles. The number of amides is 1. The molecule has 0 radical (unpaired) electrons. The number of carboxylic acids is 1. The second kappa shape index (κ2) is 7.34. The molecule has 1 saturated carbocycles. The molecule has 0 saturated heterocycles. The molecule has 2 N–H and O–H groups in total. The van der Waals surface area contributed by atoms with Crippen LogP contribution in [0.1, 0.15) is 18.4 Å². The summed E-state index contributed by atoms with van der Waals surface area (Å²) in [6.45, 7) is 0.207. The molecule has 130 valence electrons. The summed E-state index contributed by atoms with van der Waals surface area (Å²) in [4.78, 5) is 23.2. The van der Waals surface area contributed by atoms with Crippen molar-refractivity contribution < 1.29 is 23.8 Å². The number of anilines is 1. The maximum atomic E-state index is 13.2. The van der Waals surface area contributed by atoms with Gasteiger partial charge in [-0.05, 0) is 42.7 Å². The van der Waals surface area contributed by atoms with Gasteiger partial charge in [-0.3, -0.25) is 9.59 Å². The molecule has 2 aromatic carbocycles. The van der Waals surface area contributed by atoms with Crippen molar-refractivity contribution in [3.8, 4) is 5.75 Å². The third-order valence-electron chi connectivity index (χ3n) is 4.32. The standard InChI is InChI=1S/C19H18FNO4/c20-13-4-1-3-12(9-13)11-25-15-6-2-5-14(10-15)21-18(22)16-7-8-17(16)19(23)24/h1-6,9-10,16-17H,7-8,11H2,(H,21,22)(H,23,24)/t16-,17+/m0/s1. The zero-order valence-electron chi connectivity index (χ0n) is 13.4. The topological polar surface area (TPSA) is 75.6 Å². The van der Waals surface area contributed by atoms with Gasteiger partial charge in [-0.2, -0.15) is 0 Å². The van der Waals surface area contributed by atoms with E-state index >= 15 is 0 Å². The molecule has 0 aromatic heterocycles. The molecule has 3 rings (SSSR count). The van der Waals surface area contributed by atoms with Gasteiger partial charge in [0.05, 0.1) is 11.8 Å². The number of carboxylic acid groups (broad SMARTS) is 1. The SMILES string of the molecule is O=C(Nc1cccc(OCc2cccc(F)c2)c1)[C@H]1CC[C@H]1C(=O)O. The smallest absolute Gasteiger partial charge is 0.307 e. The molecular formula is C19H18FNO4. The molecule has 1 fully saturated rings. The highest BCUT2D eigenvalue weighted by atomic mass is 19.1. The van der Waals surface area contributed by atoms with Crippen molar-refractivity contribution in [2.45, 2.75) is 19.4 Å². The fraction of sp³-hybridized carbons (Fsp3) is 0.263.